The molecule has 2 rings (SSSR count). The Bertz CT molecular complexity index is 614. The van der Waals surface area contributed by atoms with Gasteiger partial charge in [0.05, 0.1) is 5.71 Å². The maximum Gasteiger partial charge on any atom is 0.355 e. The molecule has 0 heterocycles. The highest BCUT2D eigenvalue weighted by atomic mass is 16.4. The molecule has 2 aromatic carbocycles. The van der Waals surface area contributed by atoms with Crippen LogP contribution in [0, 0.1) is 0 Å². The number of nitrogens with zero attached hydrogens (tertiary/aromatic N) is 1. The minimum absolute atomic E-state index is 0.0580. The van der Waals surface area contributed by atoms with Crippen LogP contribution in [0.15, 0.2) is 53.5 Å². The third-order valence-corrected chi connectivity index (χ3v) is 2.75. The molecule has 1 unspecified atom stereocenters. The summed E-state index contributed by atoms with van der Waals surface area (Å²) in [6.07, 6.45) is -1.90. The fraction of sp³-hybridized carbons (Fsp3) is 0.0667. The van der Waals surface area contributed by atoms with E-state index in [0.717, 1.165) is 0 Å². The highest BCUT2D eigenvalue weighted by molar-refractivity contribution is 6.13. The van der Waals surface area contributed by atoms with Crippen molar-refractivity contribution in [3.8, 4) is 11.5 Å². The van der Waals surface area contributed by atoms with Gasteiger partial charge in [-0.2, -0.15) is 0 Å². The lowest BCUT2D eigenvalue weighted by Crippen LogP contribution is -2.20. The summed E-state index contributed by atoms with van der Waals surface area (Å²) < 4.78 is 0. The number of phenolic OH excluding ortho intramolecular Hbond substituents is 2. The molecule has 0 bridgehead atoms. The van der Waals surface area contributed by atoms with Crippen LogP contribution in [0.5, 0.6) is 11.5 Å². The first-order valence-corrected chi connectivity index (χ1v) is 6.05. The number of aliphatic imine (C=N–C) groups is 1. The molecule has 0 saturated carbocycles. The van der Waals surface area contributed by atoms with Gasteiger partial charge in [-0.15, -0.1) is 0 Å². The molecule has 0 aromatic heterocycles. The number of hydrogen-bond acceptors (Lipinski definition) is 5. The lowest BCUT2D eigenvalue weighted by atomic mass is 10.0. The highest BCUT2D eigenvalue weighted by Gasteiger charge is 2.15. The Hall–Kier alpha value is -2.86. The topological polar surface area (TPSA) is 110 Å². The molecule has 0 aliphatic carbocycles. The number of carboxylic acid groups (broad SMARTS) is 1. The maximum atomic E-state index is 10.8. The molecule has 0 amide bonds. The molecular formula is C15H13NO5. The van der Waals surface area contributed by atoms with Crippen molar-refractivity contribution in [3.05, 3.63) is 59.7 Å². The van der Waals surface area contributed by atoms with Crippen LogP contribution >= 0.6 is 0 Å². The van der Waals surface area contributed by atoms with Crippen LogP contribution in [0.1, 0.15) is 11.1 Å². The quantitative estimate of drug-likeness (QED) is 0.634. The summed E-state index contributed by atoms with van der Waals surface area (Å²) in [5.41, 5.74) is 1.29. The average Bonchev–Trinajstić information content (AvgIpc) is 2.46. The molecule has 6 heteroatoms. The number of hydrogen-bond donors (Lipinski definition) is 4. The van der Waals surface area contributed by atoms with Crippen LogP contribution in [0.4, 0.5) is 0 Å². The molecule has 6 nitrogen and oxygen atoms in total. The van der Waals surface area contributed by atoms with Crippen LogP contribution in [0.25, 0.3) is 0 Å². The monoisotopic (exact) mass is 287 g/mol. The predicted molar refractivity (Wildman–Crippen MR) is 75.5 cm³/mol. The van der Waals surface area contributed by atoms with Gasteiger partial charge < -0.3 is 20.4 Å². The standard InChI is InChI=1S/C15H13NO5/c17-11-5-1-9(2-6-11)13(16-14(19)15(20)21)10-3-7-12(18)8-4-10/h1-8,14,17-19H,(H,20,21). The molecule has 2 aromatic rings. The van der Waals surface area contributed by atoms with Gasteiger partial charge in [-0.1, -0.05) is 0 Å². The van der Waals surface area contributed by atoms with Crippen molar-refractivity contribution in [2.75, 3.05) is 0 Å². The zero-order valence-electron chi connectivity index (χ0n) is 10.8. The van der Waals surface area contributed by atoms with Gasteiger partial charge >= 0.3 is 5.97 Å². The van der Waals surface area contributed by atoms with Crippen LogP contribution in [0.3, 0.4) is 0 Å². The fourth-order valence-corrected chi connectivity index (χ4v) is 1.73. The molecule has 21 heavy (non-hydrogen) atoms. The molecule has 0 aliphatic heterocycles. The second kappa shape index (κ2) is 6.06. The number of aromatic hydroxyl groups is 2. The SMILES string of the molecule is O=C(O)C(O)N=C(c1ccc(O)cc1)c1ccc(O)cc1. The Kier molecular flexibility index (Phi) is 4.20. The predicted octanol–water partition coefficient (Wildman–Crippen LogP) is 1.34. The molecule has 108 valence electrons. The van der Waals surface area contributed by atoms with E-state index >= 15 is 0 Å². The van der Waals surface area contributed by atoms with Crippen molar-refractivity contribution < 1.29 is 25.2 Å². The first kappa shape index (κ1) is 14.5. The van der Waals surface area contributed by atoms with E-state index in [9.17, 15) is 20.1 Å². The average molecular weight is 287 g/mol. The van der Waals surface area contributed by atoms with Gasteiger partial charge in [-0.3, -0.25) is 0 Å². The normalized spacial score (nSPS) is 11.7. The van der Waals surface area contributed by atoms with E-state index in [0.29, 0.717) is 11.1 Å². The Balaban J connectivity index is 2.51. The second-order valence-corrected chi connectivity index (χ2v) is 4.28. The largest absolute Gasteiger partial charge is 0.508 e. The third kappa shape index (κ3) is 3.58. The van der Waals surface area contributed by atoms with Crippen molar-refractivity contribution in [1.29, 1.82) is 0 Å². The first-order valence-electron chi connectivity index (χ1n) is 6.05. The Morgan fingerprint density at radius 2 is 1.24 bits per heavy atom. The number of aliphatic hydroxyl groups excluding tert-OH is 1. The van der Waals surface area contributed by atoms with E-state index in [2.05, 4.69) is 4.99 Å². The number of phenols is 2. The van der Waals surface area contributed by atoms with Gasteiger partial charge in [0.1, 0.15) is 11.5 Å². The van der Waals surface area contributed by atoms with E-state index in [4.69, 9.17) is 5.11 Å². The van der Waals surface area contributed by atoms with Gasteiger partial charge in [-0.05, 0) is 48.5 Å². The molecule has 0 spiro atoms. The summed E-state index contributed by atoms with van der Waals surface area (Å²) >= 11 is 0. The van der Waals surface area contributed by atoms with Gasteiger partial charge in [0.25, 0.3) is 0 Å². The number of carbonyl (C=O) groups is 1. The minimum atomic E-state index is -1.90. The van der Waals surface area contributed by atoms with Crippen LogP contribution in [0.2, 0.25) is 0 Å². The lowest BCUT2D eigenvalue weighted by molar-refractivity contribution is -0.146. The molecule has 4 N–H and O–H groups in total. The van der Waals surface area contributed by atoms with Crippen molar-refractivity contribution in [3.63, 3.8) is 0 Å². The number of rotatable bonds is 4. The zero-order valence-corrected chi connectivity index (χ0v) is 10.8. The van der Waals surface area contributed by atoms with Crippen molar-refractivity contribution >= 4 is 11.7 Å². The molecule has 0 radical (unpaired) electrons. The van der Waals surface area contributed by atoms with Gasteiger partial charge in [0.2, 0.25) is 6.23 Å². The lowest BCUT2D eigenvalue weighted by Gasteiger charge is -2.09. The Morgan fingerprint density at radius 3 is 1.57 bits per heavy atom. The summed E-state index contributed by atoms with van der Waals surface area (Å²) in [7, 11) is 0. The summed E-state index contributed by atoms with van der Waals surface area (Å²) in [5.74, 6) is -1.35. The maximum absolute atomic E-state index is 10.8. The summed E-state index contributed by atoms with van der Waals surface area (Å²) in [4.78, 5) is 14.6. The van der Waals surface area contributed by atoms with Gasteiger partial charge in [-0.25, -0.2) is 9.79 Å². The fourth-order valence-electron chi connectivity index (χ4n) is 1.73. The summed E-state index contributed by atoms with van der Waals surface area (Å²) in [5, 5.41) is 36.8. The molecule has 1 atom stereocenters. The van der Waals surface area contributed by atoms with E-state index < -0.39 is 12.2 Å². The van der Waals surface area contributed by atoms with Gasteiger partial charge in [0.15, 0.2) is 0 Å². The Labute approximate surface area is 120 Å². The van der Waals surface area contributed by atoms with E-state index in [1.165, 1.54) is 24.3 Å². The number of aliphatic hydroxyl groups is 1. The van der Waals surface area contributed by atoms with Crippen molar-refractivity contribution in [2.45, 2.75) is 6.23 Å². The van der Waals surface area contributed by atoms with Gasteiger partial charge in [0, 0.05) is 11.1 Å². The van der Waals surface area contributed by atoms with E-state index in [1.807, 2.05) is 0 Å². The third-order valence-electron chi connectivity index (χ3n) is 2.75. The van der Waals surface area contributed by atoms with E-state index in [1.54, 1.807) is 24.3 Å². The number of aliphatic carboxylic acids is 1. The number of benzene rings is 2. The summed E-state index contributed by atoms with van der Waals surface area (Å²) in [6, 6.07) is 11.9. The molecule has 0 saturated heterocycles. The Morgan fingerprint density at radius 1 is 0.857 bits per heavy atom. The van der Waals surface area contributed by atoms with Crippen molar-refractivity contribution in [2.24, 2.45) is 4.99 Å². The van der Waals surface area contributed by atoms with Crippen LogP contribution in [-0.2, 0) is 4.79 Å². The highest BCUT2D eigenvalue weighted by Crippen LogP contribution is 2.18. The first-order chi connectivity index (χ1) is 9.97. The van der Waals surface area contributed by atoms with Crippen LogP contribution in [-0.4, -0.2) is 38.3 Å². The molecule has 0 fully saturated rings. The van der Waals surface area contributed by atoms with E-state index in [-0.39, 0.29) is 17.2 Å². The molecular weight excluding hydrogens is 274 g/mol. The zero-order chi connectivity index (χ0) is 15.4. The van der Waals surface area contributed by atoms with Crippen molar-refractivity contribution in [1.82, 2.24) is 0 Å². The number of carboxylic acids is 1. The summed E-state index contributed by atoms with van der Waals surface area (Å²) in [6.45, 7) is 0. The van der Waals surface area contributed by atoms with Crippen LogP contribution < -0.4 is 0 Å². The smallest absolute Gasteiger partial charge is 0.355 e. The second-order valence-electron chi connectivity index (χ2n) is 4.28. The minimum Gasteiger partial charge on any atom is -0.508 e. The molecule has 0 aliphatic rings.